The largest absolute Gasteiger partial charge is 0.378 e. The van der Waals surface area contributed by atoms with Gasteiger partial charge in [0.2, 0.25) is 0 Å². The van der Waals surface area contributed by atoms with Crippen molar-refractivity contribution in [1.29, 1.82) is 5.26 Å². The Balaban J connectivity index is 1.87. The van der Waals surface area contributed by atoms with Gasteiger partial charge in [-0.15, -0.1) is 0 Å². The highest BCUT2D eigenvalue weighted by atomic mass is 19.1. The van der Waals surface area contributed by atoms with Gasteiger partial charge in [0.1, 0.15) is 11.9 Å². The van der Waals surface area contributed by atoms with Crippen LogP contribution in [0.25, 0.3) is 0 Å². The summed E-state index contributed by atoms with van der Waals surface area (Å²) in [5, 5.41) is 8.34. The van der Waals surface area contributed by atoms with Gasteiger partial charge < -0.3 is 4.74 Å². The van der Waals surface area contributed by atoms with Gasteiger partial charge in [-0.3, -0.25) is 0 Å². The van der Waals surface area contributed by atoms with Crippen LogP contribution in [-0.2, 0) is 4.74 Å². The van der Waals surface area contributed by atoms with Gasteiger partial charge in [0.15, 0.2) is 5.83 Å². The standard InChI is InChI=1S/C20H23F2NO/c1-24-20(12-4-2-3-5-19(22)15-23)13-10-17(11-14-20)16-6-8-18(21)9-7-16/h2-3,5-9,17H,4,10-14H2,1H3/t17-,20+. The van der Waals surface area contributed by atoms with E-state index in [-0.39, 0.29) is 11.4 Å². The van der Waals surface area contributed by atoms with Crippen LogP contribution in [0.3, 0.4) is 0 Å². The molecule has 0 N–H and O–H groups in total. The molecule has 0 amide bonds. The molecule has 0 aromatic heterocycles. The maximum Gasteiger partial charge on any atom is 0.199 e. The Morgan fingerprint density at radius 2 is 2.00 bits per heavy atom. The Morgan fingerprint density at radius 3 is 2.58 bits per heavy atom. The van der Waals surface area contributed by atoms with Gasteiger partial charge in [-0.1, -0.05) is 24.3 Å². The van der Waals surface area contributed by atoms with Crippen molar-refractivity contribution in [2.45, 2.75) is 50.0 Å². The van der Waals surface area contributed by atoms with Crippen LogP contribution < -0.4 is 0 Å². The normalized spacial score (nSPS) is 24.9. The fraction of sp³-hybridized carbons (Fsp3) is 0.450. The van der Waals surface area contributed by atoms with Crippen molar-refractivity contribution in [2.75, 3.05) is 7.11 Å². The lowest BCUT2D eigenvalue weighted by Crippen LogP contribution is -2.35. The second kappa shape index (κ2) is 8.75. The zero-order valence-corrected chi connectivity index (χ0v) is 14.0. The van der Waals surface area contributed by atoms with E-state index in [1.54, 1.807) is 13.2 Å². The summed E-state index contributed by atoms with van der Waals surface area (Å²) in [6, 6.07) is 8.23. The van der Waals surface area contributed by atoms with Gasteiger partial charge in [-0.25, -0.2) is 4.39 Å². The van der Waals surface area contributed by atoms with Crippen LogP contribution in [0.4, 0.5) is 8.78 Å². The Hall–Kier alpha value is -1.99. The van der Waals surface area contributed by atoms with Gasteiger partial charge in [0, 0.05) is 7.11 Å². The number of nitrogens with zero attached hydrogens (tertiary/aromatic N) is 1. The molecule has 1 aromatic rings. The molecule has 0 heterocycles. The summed E-state index contributed by atoms with van der Waals surface area (Å²) in [6.45, 7) is 0. The maximum absolute atomic E-state index is 13.0. The first-order chi connectivity index (χ1) is 11.6. The van der Waals surface area contributed by atoms with Crippen molar-refractivity contribution in [3.05, 3.63) is 59.7 Å². The van der Waals surface area contributed by atoms with Gasteiger partial charge in [0.25, 0.3) is 0 Å². The molecule has 0 atom stereocenters. The number of ether oxygens (including phenoxy) is 1. The van der Waals surface area contributed by atoms with E-state index in [1.807, 2.05) is 18.2 Å². The highest BCUT2D eigenvalue weighted by Gasteiger charge is 2.35. The third kappa shape index (κ3) is 5.01. The van der Waals surface area contributed by atoms with Crippen molar-refractivity contribution in [3.8, 4) is 6.07 Å². The molecule has 1 aromatic carbocycles. The molecule has 128 valence electrons. The molecule has 2 rings (SSSR count). The topological polar surface area (TPSA) is 33.0 Å². The molecule has 1 aliphatic carbocycles. The minimum Gasteiger partial charge on any atom is -0.378 e. The summed E-state index contributed by atoms with van der Waals surface area (Å²) in [7, 11) is 1.75. The smallest absolute Gasteiger partial charge is 0.199 e. The number of nitriles is 1. The van der Waals surface area contributed by atoms with Crippen LogP contribution in [0.15, 0.2) is 48.3 Å². The molecule has 1 aliphatic rings. The van der Waals surface area contributed by atoms with Crippen molar-refractivity contribution in [1.82, 2.24) is 0 Å². The zero-order valence-electron chi connectivity index (χ0n) is 14.0. The first-order valence-electron chi connectivity index (χ1n) is 8.31. The Bertz CT molecular complexity index is 620. The van der Waals surface area contributed by atoms with E-state index >= 15 is 0 Å². The highest BCUT2D eigenvalue weighted by Crippen LogP contribution is 2.42. The summed E-state index contributed by atoms with van der Waals surface area (Å²) in [4.78, 5) is 0. The van der Waals surface area contributed by atoms with Crippen molar-refractivity contribution >= 4 is 0 Å². The van der Waals surface area contributed by atoms with Crippen LogP contribution >= 0.6 is 0 Å². The molecule has 0 saturated heterocycles. The minimum absolute atomic E-state index is 0.141. The fourth-order valence-corrected chi connectivity index (χ4v) is 3.40. The summed E-state index contributed by atoms with van der Waals surface area (Å²) < 4.78 is 31.5. The van der Waals surface area contributed by atoms with E-state index in [0.717, 1.165) is 38.5 Å². The SMILES string of the molecule is CO[C@]1(CCC=CC=C(F)C#N)CC[C@H](c2ccc(F)cc2)CC1. The number of halogens is 2. The van der Waals surface area contributed by atoms with E-state index < -0.39 is 5.83 Å². The van der Waals surface area contributed by atoms with Gasteiger partial charge in [0.05, 0.1) is 5.60 Å². The number of hydrogen-bond donors (Lipinski definition) is 0. The van der Waals surface area contributed by atoms with Crippen LogP contribution in [0.5, 0.6) is 0 Å². The highest BCUT2D eigenvalue weighted by molar-refractivity contribution is 5.21. The van der Waals surface area contributed by atoms with Crippen molar-refractivity contribution < 1.29 is 13.5 Å². The molecule has 4 heteroatoms. The lowest BCUT2D eigenvalue weighted by Gasteiger charge is -2.39. The molecular weight excluding hydrogens is 308 g/mol. The van der Waals surface area contributed by atoms with Crippen LogP contribution in [0, 0.1) is 17.1 Å². The molecular formula is C20H23F2NO. The molecule has 0 bridgehead atoms. The summed E-state index contributed by atoms with van der Waals surface area (Å²) >= 11 is 0. The molecule has 2 nitrogen and oxygen atoms in total. The molecule has 1 saturated carbocycles. The van der Waals surface area contributed by atoms with Crippen molar-refractivity contribution in [2.24, 2.45) is 0 Å². The van der Waals surface area contributed by atoms with Crippen LogP contribution in [0.2, 0.25) is 0 Å². The average molecular weight is 331 g/mol. The second-order valence-electron chi connectivity index (χ2n) is 6.31. The van der Waals surface area contributed by atoms with Gasteiger partial charge >= 0.3 is 0 Å². The zero-order chi connectivity index (χ0) is 17.4. The third-order valence-electron chi connectivity index (χ3n) is 4.92. The predicted octanol–water partition coefficient (Wildman–Crippen LogP) is 5.58. The Kier molecular flexibility index (Phi) is 6.69. The Labute approximate surface area is 142 Å². The first-order valence-corrected chi connectivity index (χ1v) is 8.31. The van der Waals surface area contributed by atoms with E-state index in [4.69, 9.17) is 10.00 Å². The lowest BCUT2D eigenvalue weighted by atomic mass is 9.74. The quantitative estimate of drug-likeness (QED) is 0.503. The molecule has 0 radical (unpaired) electrons. The molecule has 0 aliphatic heterocycles. The van der Waals surface area contributed by atoms with E-state index in [2.05, 4.69) is 0 Å². The molecule has 0 unspecified atom stereocenters. The predicted molar refractivity (Wildman–Crippen MR) is 90.5 cm³/mol. The average Bonchev–Trinajstić information content (AvgIpc) is 2.62. The molecule has 0 spiro atoms. The van der Waals surface area contributed by atoms with Crippen LogP contribution in [0.1, 0.15) is 50.0 Å². The summed E-state index contributed by atoms with van der Waals surface area (Å²) in [5.41, 5.74) is 1.05. The molecule has 1 fully saturated rings. The maximum atomic E-state index is 13.0. The first kappa shape index (κ1) is 18.4. The monoisotopic (exact) mass is 331 g/mol. The number of benzene rings is 1. The second-order valence-corrected chi connectivity index (χ2v) is 6.31. The van der Waals surface area contributed by atoms with Gasteiger partial charge in [-0.2, -0.15) is 9.65 Å². The van der Waals surface area contributed by atoms with E-state index in [9.17, 15) is 8.78 Å². The number of allylic oxidation sites excluding steroid dienone is 4. The lowest BCUT2D eigenvalue weighted by molar-refractivity contribution is -0.0483. The number of methoxy groups -OCH3 is 1. The van der Waals surface area contributed by atoms with Crippen molar-refractivity contribution in [3.63, 3.8) is 0 Å². The van der Waals surface area contributed by atoms with E-state index in [1.165, 1.54) is 29.8 Å². The number of hydrogen-bond acceptors (Lipinski definition) is 2. The Morgan fingerprint density at radius 1 is 1.33 bits per heavy atom. The van der Waals surface area contributed by atoms with Gasteiger partial charge in [-0.05, 0) is 68.2 Å². The number of rotatable bonds is 6. The fourth-order valence-electron chi connectivity index (χ4n) is 3.40. The minimum atomic E-state index is -0.785. The molecule has 24 heavy (non-hydrogen) atoms. The third-order valence-corrected chi connectivity index (χ3v) is 4.92. The summed E-state index contributed by atoms with van der Waals surface area (Å²) in [6.07, 6.45) is 10.2. The van der Waals surface area contributed by atoms with E-state index in [0.29, 0.717) is 5.92 Å². The summed E-state index contributed by atoms with van der Waals surface area (Å²) in [5.74, 6) is -0.529. The van der Waals surface area contributed by atoms with Crippen LogP contribution in [-0.4, -0.2) is 12.7 Å².